The summed E-state index contributed by atoms with van der Waals surface area (Å²) in [4.78, 5) is 15.3. The fourth-order valence-electron chi connectivity index (χ4n) is 6.81. The van der Waals surface area contributed by atoms with Crippen molar-refractivity contribution in [3.05, 3.63) is 59.7 Å². The van der Waals surface area contributed by atoms with Crippen LogP contribution in [0.2, 0.25) is 0 Å². The molecule has 2 aromatic carbocycles. The molecule has 0 radical (unpaired) electrons. The highest BCUT2D eigenvalue weighted by atomic mass is 16.6. The topological polar surface area (TPSA) is 49.8 Å². The number of ether oxygens (including phenoxy) is 1. The highest BCUT2D eigenvalue weighted by Crippen LogP contribution is 2.46. The van der Waals surface area contributed by atoms with Gasteiger partial charge < -0.3 is 14.7 Å². The minimum Gasteiger partial charge on any atom is -0.448 e. The van der Waals surface area contributed by atoms with Gasteiger partial charge in [-0.1, -0.05) is 75.2 Å². The number of piperidine rings is 2. The van der Waals surface area contributed by atoms with Crippen molar-refractivity contribution in [1.82, 2.24) is 4.90 Å². The third kappa shape index (κ3) is 3.53. The van der Waals surface area contributed by atoms with Crippen molar-refractivity contribution in [3.63, 3.8) is 0 Å². The van der Waals surface area contributed by atoms with Crippen LogP contribution in [0.25, 0.3) is 11.1 Å². The Kier molecular flexibility index (Phi) is 5.75. The number of benzene rings is 2. The van der Waals surface area contributed by atoms with Crippen molar-refractivity contribution in [2.24, 2.45) is 5.92 Å². The Bertz CT molecular complexity index is 923. The van der Waals surface area contributed by atoms with Gasteiger partial charge in [-0.2, -0.15) is 0 Å². The fraction of sp³-hybridized carbons (Fsp3) is 0.536. The van der Waals surface area contributed by atoms with E-state index in [0.717, 1.165) is 32.1 Å². The van der Waals surface area contributed by atoms with Crippen LogP contribution in [0.5, 0.6) is 0 Å². The van der Waals surface area contributed by atoms with Crippen molar-refractivity contribution in [3.8, 4) is 11.1 Å². The summed E-state index contributed by atoms with van der Waals surface area (Å²) in [5.41, 5.74) is 4.31. The zero-order valence-electron chi connectivity index (χ0n) is 19.3. The molecule has 2 atom stereocenters. The van der Waals surface area contributed by atoms with Gasteiger partial charge in [0, 0.05) is 18.0 Å². The van der Waals surface area contributed by atoms with E-state index in [4.69, 9.17) is 4.74 Å². The molecule has 170 valence electrons. The number of fused-ring (bicyclic) bond motifs is 5. The molecule has 0 saturated carbocycles. The number of carbonyl (C=O) groups is 1. The maximum Gasteiger partial charge on any atom is 0.410 e. The van der Waals surface area contributed by atoms with Crippen LogP contribution in [0.15, 0.2) is 48.5 Å². The molecule has 2 aromatic rings. The molecule has 1 aliphatic carbocycles. The number of amides is 1. The summed E-state index contributed by atoms with van der Waals surface area (Å²) < 4.78 is 6.00. The predicted octanol–water partition coefficient (Wildman–Crippen LogP) is 6.12. The Labute approximate surface area is 191 Å². The molecule has 1 amide bonds. The van der Waals surface area contributed by atoms with Crippen LogP contribution in [0, 0.1) is 5.92 Å². The molecule has 3 aliphatic rings. The predicted molar refractivity (Wildman–Crippen MR) is 127 cm³/mol. The van der Waals surface area contributed by atoms with Crippen LogP contribution < -0.4 is 0 Å². The fourth-order valence-corrected chi connectivity index (χ4v) is 6.81. The SMILES string of the molecule is CCC(CC)C1(O)CC2CCCC(C1)N2C(=O)OCC1c2ccccc2-c2ccccc21. The third-order valence-electron chi connectivity index (χ3n) is 8.33. The molecule has 2 bridgehead atoms. The normalized spacial score (nSPS) is 26.7. The maximum absolute atomic E-state index is 13.3. The standard InChI is InChI=1S/C28H35NO3/c1-3-19(4-2)28(31)16-20-10-9-11-21(17-28)29(20)27(30)32-18-26-24-14-7-5-12-22(24)23-13-6-8-15-25(23)26/h5-8,12-15,19-21,26,31H,3-4,9-11,16-18H2,1-2H3. The Morgan fingerprint density at radius 2 is 1.53 bits per heavy atom. The third-order valence-corrected chi connectivity index (χ3v) is 8.33. The van der Waals surface area contributed by atoms with Crippen LogP contribution in [-0.2, 0) is 4.74 Å². The molecule has 4 nitrogen and oxygen atoms in total. The molecule has 2 fully saturated rings. The molecule has 4 heteroatoms. The van der Waals surface area contributed by atoms with E-state index in [2.05, 4.69) is 62.4 Å². The zero-order valence-corrected chi connectivity index (χ0v) is 19.3. The lowest BCUT2D eigenvalue weighted by atomic mass is 9.68. The van der Waals surface area contributed by atoms with Gasteiger partial charge in [0.15, 0.2) is 0 Å². The molecule has 1 N–H and O–H groups in total. The first kappa shape index (κ1) is 21.5. The van der Waals surface area contributed by atoms with Gasteiger partial charge in [0.2, 0.25) is 0 Å². The lowest BCUT2D eigenvalue weighted by Crippen LogP contribution is -2.61. The monoisotopic (exact) mass is 433 g/mol. The lowest BCUT2D eigenvalue weighted by molar-refractivity contribution is -0.117. The average Bonchev–Trinajstić information content (AvgIpc) is 3.11. The lowest BCUT2D eigenvalue weighted by Gasteiger charge is -2.53. The molecule has 32 heavy (non-hydrogen) atoms. The Morgan fingerprint density at radius 1 is 1.00 bits per heavy atom. The molecular formula is C28H35NO3. The van der Waals surface area contributed by atoms with E-state index >= 15 is 0 Å². The second-order valence-corrected chi connectivity index (χ2v) is 9.98. The molecule has 0 spiro atoms. The minimum atomic E-state index is -0.653. The van der Waals surface area contributed by atoms with Gasteiger partial charge in [-0.05, 0) is 60.3 Å². The van der Waals surface area contributed by atoms with Crippen molar-refractivity contribution in [2.45, 2.75) is 82.4 Å². The smallest absolute Gasteiger partial charge is 0.410 e. The van der Waals surface area contributed by atoms with E-state index in [-0.39, 0.29) is 24.1 Å². The highest BCUT2D eigenvalue weighted by molar-refractivity contribution is 5.79. The minimum absolute atomic E-state index is 0.0810. The van der Waals surface area contributed by atoms with Gasteiger partial charge in [0.05, 0.1) is 5.60 Å². The van der Waals surface area contributed by atoms with Crippen LogP contribution in [0.3, 0.4) is 0 Å². The second kappa shape index (κ2) is 8.55. The summed E-state index contributed by atoms with van der Waals surface area (Å²) in [6.45, 7) is 4.69. The highest BCUT2D eigenvalue weighted by Gasteiger charge is 2.50. The molecule has 2 heterocycles. The summed E-state index contributed by atoms with van der Waals surface area (Å²) >= 11 is 0. The summed E-state index contributed by atoms with van der Waals surface area (Å²) in [7, 11) is 0. The average molecular weight is 434 g/mol. The molecule has 0 aromatic heterocycles. The van der Waals surface area contributed by atoms with E-state index in [9.17, 15) is 9.90 Å². The Hall–Kier alpha value is -2.33. The molecular weight excluding hydrogens is 398 g/mol. The van der Waals surface area contributed by atoms with Crippen molar-refractivity contribution in [1.29, 1.82) is 0 Å². The first-order valence-electron chi connectivity index (χ1n) is 12.4. The second-order valence-electron chi connectivity index (χ2n) is 9.98. The first-order chi connectivity index (χ1) is 15.6. The van der Waals surface area contributed by atoms with E-state index < -0.39 is 5.60 Å². The van der Waals surface area contributed by atoms with Gasteiger partial charge >= 0.3 is 6.09 Å². The van der Waals surface area contributed by atoms with Gasteiger partial charge in [-0.15, -0.1) is 0 Å². The van der Waals surface area contributed by atoms with Gasteiger partial charge in [-0.3, -0.25) is 0 Å². The number of nitrogens with zero attached hydrogens (tertiary/aromatic N) is 1. The van der Waals surface area contributed by atoms with Crippen molar-refractivity contribution in [2.75, 3.05) is 6.61 Å². The molecule has 2 unspecified atom stereocenters. The molecule has 2 aliphatic heterocycles. The first-order valence-corrected chi connectivity index (χ1v) is 12.4. The number of aliphatic hydroxyl groups is 1. The van der Waals surface area contributed by atoms with Crippen LogP contribution in [-0.4, -0.2) is 40.4 Å². The summed E-state index contributed by atoms with van der Waals surface area (Å²) in [6.07, 6.45) is 6.18. The number of rotatable bonds is 5. The van der Waals surface area contributed by atoms with E-state index in [0.29, 0.717) is 25.4 Å². The number of carbonyl (C=O) groups excluding carboxylic acids is 1. The van der Waals surface area contributed by atoms with E-state index in [1.165, 1.54) is 22.3 Å². The van der Waals surface area contributed by atoms with Gasteiger partial charge in [0.1, 0.15) is 6.61 Å². The van der Waals surface area contributed by atoms with E-state index in [1.807, 2.05) is 4.90 Å². The molecule has 5 rings (SSSR count). The van der Waals surface area contributed by atoms with Crippen LogP contribution in [0.4, 0.5) is 4.79 Å². The summed E-state index contributed by atoms with van der Waals surface area (Å²) in [6, 6.07) is 17.1. The number of hydrogen-bond donors (Lipinski definition) is 1. The number of hydrogen-bond acceptors (Lipinski definition) is 3. The van der Waals surface area contributed by atoms with E-state index in [1.54, 1.807) is 0 Å². The van der Waals surface area contributed by atoms with Crippen LogP contribution in [0.1, 0.15) is 75.8 Å². The van der Waals surface area contributed by atoms with Crippen molar-refractivity contribution < 1.29 is 14.6 Å². The zero-order chi connectivity index (χ0) is 22.3. The maximum atomic E-state index is 13.3. The quantitative estimate of drug-likeness (QED) is 0.618. The van der Waals surface area contributed by atoms with Crippen molar-refractivity contribution >= 4 is 6.09 Å². The largest absolute Gasteiger partial charge is 0.448 e. The van der Waals surface area contributed by atoms with Gasteiger partial charge in [0.25, 0.3) is 0 Å². The summed E-state index contributed by atoms with van der Waals surface area (Å²) in [5.74, 6) is 0.382. The Balaban J connectivity index is 1.32. The summed E-state index contributed by atoms with van der Waals surface area (Å²) in [5, 5.41) is 11.5. The molecule has 2 saturated heterocycles. The Morgan fingerprint density at radius 3 is 2.06 bits per heavy atom. The van der Waals surface area contributed by atoms with Gasteiger partial charge in [-0.25, -0.2) is 4.79 Å². The van der Waals surface area contributed by atoms with Crippen LogP contribution >= 0.6 is 0 Å².